The fraction of sp³-hybridized carbons (Fsp3) is 0.200. The summed E-state index contributed by atoms with van der Waals surface area (Å²) >= 11 is 0. The van der Waals surface area contributed by atoms with Gasteiger partial charge in [-0.2, -0.15) is 13.2 Å². The summed E-state index contributed by atoms with van der Waals surface area (Å²) in [5.41, 5.74) is 1.88. The van der Waals surface area contributed by atoms with Crippen LogP contribution in [0.1, 0.15) is 16.7 Å². The number of aromatic nitrogens is 1. The van der Waals surface area contributed by atoms with Crippen molar-refractivity contribution in [3.8, 4) is 5.75 Å². The lowest BCUT2D eigenvalue weighted by atomic mass is 10.0. The number of alkyl halides is 3. The maximum absolute atomic E-state index is 12.7. The largest absolute Gasteiger partial charge is 0.494 e. The SMILES string of the molecule is COc1cnccc1C1=Nc2cc(C(F)(F)F)ccc2C1. The van der Waals surface area contributed by atoms with Crippen LogP contribution in [0.15, 0.2) is 41.7 Å². The van der Waals surface area contributed by atoms with E-state index in [1.54, 1.807) is 18.5 Å². The molecule has 1 aromatic heterocycles. The quantitative estimate of drug-likeness (QED) is 0.844. The van der Waals surface area contributed by atoms with Gasteiger partial charge in [0.05, 0.1) is 30.3 Å². The summed E-state index contributed by atoms with van der Waals surface area (Å²) in [7, 11) is 1.52. The summed E-state index contributed by atoms with van der Waals surface area (Å²) in [5.74, 6) is 0.556. The van der Waals surface area contributed by atoms with Crippen molar-refractivity contribution in [3.63, 3.8) is 0 Å². The molecule has 21 heavy (non-hydrogen) atoms. The van der Waals surface area contributed by atoms with Crippen molar-refractivity contribution in [2.24, 2.45) is 4.99 Å². The Kier molecular flexibility index (Phi) is 3.16. The number of nitrogens with zero attached hydrogens (tertiary/aromatic N) is 2. The van der Waals surface area contributed by atoms with Crippen molar-refractivity contribution < 1.29 is 17.9 Å². The summed E-state index contributed by atoms with van der Waals surface area (Å²) in [6.07, 6.45) is -0.720. The number of halogens is 3. The fourth-order valence-electron chi connectivity index (χ4n) is 2.30. The van der Waals surface area contributed by atoms with E-state index >= 15 is 0 Å². The van der Waals surface area contributed by atoms with Crippen LogP contribution in [0, 0.1) is 0 Å². The van der Waals surface area contributed by atoms with Crippen LogP contribution in [-0.4, -0.2) is 17.8 Å². The molecule has 1 aliphatic rings. The first-order valence-electron chi connectivity index (χ1n) is 6.25. The maximum atomic E-state index is 12.7. The number of methoxy groups -OCH3 is 1. The average molecular weight is 292 g/mol. The van der Waals surface area contributed by atoms with Gasteiger partial charge in [0, 0.05) is 18.2 Å². The second kappa shape index (κ2) is 4.87. The third-order valence-corrected chi connectivity index (χ3v) is 3.34. The number of hydrogen-bond acceptors (Lipinski definition) is 3. The lowest BCUT2D eigenvalue weighted by Gasteiger charge is -2.07. The van der Waals surface area contributed by atoms with E-state index in [1.165, 1.54) is 13.2 Å². The van der Waals surface area contributed by atoms with Crippen molar-refractivity contribution >= 4 is 11.4 Å². The normalized spacial score (nSPS) is 13.8. The highest BCUT2D eigenvalue weighted by Crippen LogP contribution is 2.37. The van der Waals surface area contributed by atoms with E-state index in [0.717, 1.165) is 23.3 Å². The van der Waals surface area contributed by atoms with E-state index in [1.807, 2.05) is 0 Å². The molecule has 0 saturated carbocycles. The smallest absolute Gasteiger partial charge is 0.416 e. The molecule has 0 spiro atoms. The van der Waals surface area contributed by atoms with Gasteiger partial charge in [0.2, 0.25) is 0 Å². The molecule has 0 unspecified atom stereocenters. The molecule has 2 aromatic rings. The molecular weight excluding hydrogens is 281 g/mol. The van der Waals surface area contributed by atoms with E-state index in [-0.39, 0.29) is 0 Å². The minimum absolute atomic E-state index is 0.360. The van der Waals surface area contributed by atoms with Gasteiger partial charge in [-0.25, -0.2) is 0 Å². The number of aliphatic imine (C=N–C) groups is 1. The number of pyridine rings is 1. The van der Waals surface area contributed by atoms with E-state index in [4.69, 9.17) is 4.74 Å². The summed E-state index contributed by atoms with van der Waals surface area (Å²) in [6, 6.07) is 5.38. The zero-order chi connectivity index (χ0) is 15.0. The van der Waals surface area contributed by atoms with E-state index in [2.05, 4.69) is 9.98 Å². The number of benzene rings is 1. The Hall–Kier alpha value is -2.37. The molecule has 0 aliphatic carbocycles. The minimum Gasteiger partial charge on any atom is -0.494 e. The predicted octanol–water partition coefficient (Wildman–Crippen LogP) is 3.79. The van der Waals surface area contributed by atoms with Gasteiger partial charge in [0.1, 0.15) is 5.75 Å². The van der Waals surface area contributed by atoms with Crippen LogP contribution >= 0.6 is 0 Å². The number of fused-ring (bicyclic) bond motifs is 1. The van der Waals surface area contributed by atoms with E-state index in [0.29, 0.717) is 23.6 Å². The zero-order valence-corrected chi connectivity index (χ0v) is 11.1. The van der Waals surface area contributed by atoms with Gasteiger partial charge >= 0.3 is 6.18 Å². The van der Waals surface area contributed by atoms with Crippen molar-refractivity contribution in [3.05, 3.63) is 53.3 Å². The molecule has 0 bridgehead atoms. The number of ether oxygens (including phenoxy) is 1. The van der Waals surface area contributed by atoms with Gasteiger partial charge in [-0.15, -0.1) is 0 Å². The minimum atomic E-state index is -4.36. The van der Waals surface area contributed by atoms with Crippen LogP contribution in [0.5, 0.6) is 5.75 Å². The molecule has 108 valence electrons. The molecule has 1 aliphatic heterocycles. The molecule has 0 N–H and O–H groups in total. The van der Waals surface area contributed by atoms with Crippen LogP contribution in [0.4, 0.5) is 18.9 Å². The Bertz CT molecular complexity index is 723. The first-order valence-corrected chi connectivity index (χ1v) is 6.25. The summed E-state index contributed by atoms with van der Waals surface area (Å²) < 4.78 is 43.4. The summed E-state index contributed by atoms with van der Waals surface area (Å²) in [4.78, 5) is 8.27. The van der Waals surface area contributed by atoms with Gasteiger partial charge < -0.3 is 4.74 Å². The van der Waals surface area contributed by atoms with Crippen LogP contribution in [0.2, 0.25) is 0 Å². The molecular formula is C15H11F3N2O. The predicted molar refractivity (Wildman–Crippen MR) is 72.1 cm³/mol. The Morgan fingerprint density at radius 2 is 2.00 bits per heavy atom. The molecule has 2 heterocycles. The van der Waals surface area contributed by atoms with Crippen molar-refractivity contribution in [1.29, 1.82) is 0 Å². The lowest BCUT2D eigenvalue weighted by molar-refractivity contribution is -0.137. The van der Waals surface area contributed by atoms with Crippen molar-refractivity contribution in [2.45, 2.75) is 12.6 Å². The molecule has 0 saturated heterocycles. The first-order chi connectivity index (χ1) is 9.99. The zero-order valence-electron chi connectivity index (χ0n) is 11.1. The maximum Gasteiger partial charge on any atom is 0.416 e. The van der Waals surface area contributed by atoms with Crippen LogP contribution in [0.25, 0.3) is 0 Å². The number of hydrogen-bond donors (Lipinski definition) is 0. The molecule has 0 radical (unpaired) electrons. The molecule has 6 heteroatoms. The van der Waals surface area contributed by atoms with Crippen LogP contribution in [0.3, 0.4) is 0 Å². The molecule has 1 aromatic carbocycles. The Balaban J connectivity index is 2.01. The van der Waals surface area contributed by atoms with Crippen LogP contribution in [-0.2, 0) is 12.6 Å². The van der Waals surface area contributed by atoms with Crippen molar-refractivity contribution in [2.75, 3.05) is 7.11 Å². The van der Waals surface area contributed by atoms with Crippen LogP contribution < -0.4 is 4.74 Å². The third kappa shape index (κ3) is 2.49. The standard InChI is InChI=1S/C15H11F3N2O/c1-21-14-8-19-5-4-11(14)13-6-9-2-3-10(15(16,17)18)7-12(9)20-13/h2-5,7-8H,6H2,1H3. The van der Waals surface area contributed by atoms with Gasteiger partial charge in [-0.05, 0) is 23.8 Å². The van der Waals surface area contributed by atoms with Gasteiger partial charge in [-0.1, -0.05) is 6.07 Å². The molecule has 0 fully saturated rings. The molecule has 3 nitrogen and oxygen atoms in total. The Morgan fingerprint density at radius 1 is 1.19 bits per heavy atom. The average Bonchev–Trinajstić information content (AvgIpc) is 2.89. The Labute approximate surface area is 119 Å². The first kappa shape index (κ1) is 13.6. The summed E-state index contributed by atoms with van der Waals surface area (Å²) in [5, 5.41) is 0. The highest BCUT2D eigenvalue weighted by atomic mass is 19.4. The van der Waals surface area contributed by atoms with E-state index < -0.39 is 11.7 Å². The fourth-order valence-corrected chi connectivity index (χ4v) is 2.30. The van der Waals surface area contributed by atoms with Gasteiger partial charge in [0.25, 0.3) is 0 Å². The monoisotopic (exact) mass is 292 g/mol. The molecule has 0 amide bonds. The van der Waals surface area contributed by atoms with E-state index in [9.17, 15) is 13.2 Å². The third-order valence-electron chi connectivity index (χ3n) is 3.34. The molecule has 3 rings (SSSR count). The van der Waals surface area contributed by atoms with Gasteiger partial charge in [-0.3, -0.25) is 9.98 Å². The topological polar surface area (TPSA) is 34.5 Å². The highest BCUT2D eigenvalue weighted by molar-refractivity contribution is 6.08. The second-order valence-corrected chi connectivity index (χ2v) is 4.65. The van der Waals surface area contributed by atoms with Crippen molar-refractivity contribution in [1.82, 2.24) is 4.98 Å². The number of rotatable bonds is 2. The summed E-state index contributed by atoms with van der Waals surface area (Å²) in [6.45, 7) is 0. The second-order valence-electron chi connectivity index (χ2n) is 4.65. The Morgan fingerprint density at radius 3 is 2.71 bits per heavy atom. The molecule has 0 atom stereocenters. The lowest BCUT2D eigenvalue weighted by Crippen LogP contribution is -2.05. The highest BCUT2D eigenvalue weighted by Gasteiger charge is 2.32. The van der Waals surface area contributed by atoms with Gasteiger partial charge in [0.15, 0.2) is 0 Å².